The van der Waals surface area contributed by atoms with E-state index in [0.29, 0.717) is 24.3 Å². The van der Waals surface area contributed by atoms with Gasteiger partial charge in [0, 0.05) is 23.1 Å². The van der Waals surface area contributed by atoms with Crippen LogP contribution in [0.2, 0.25) is 0 Å². The van der Waals surface area contributed by atoms with E-state index in [1.807, 2.05) is 36.4 Å². The molecule has 3 rings (SSSR count). The Labute approximate surface area is 210 Å². The van der Waals surface area contributed by atoms with Crippen molar-refractivity contribution in [3.8, 4) is 5.75 Å². The Hall–Kier alpha value is -3.11. The van der Waals surface area contributed by atoms with Crippen LogP contribution in [0.15, 0.2) is 78.9 Å². The lowest BCUT2D eigenvalue weighted by Crippen LogP contribution is -2.40. The lowest BCUT2D eigenvalue weighted by molar-refractivity contribution is 0.0600. The summed E-state index contributed by atoms with van der Waals surface area (Å²) >= 11 is 0. The number of benzene rings is 3. The Morgan fingerprint density at radius 3 is 2.06 bits per heavy atom. The summed E-state index contributed by atoms with van der Waals surface area (Å²) in [4.78, 5) is 15.0. The van der Waals surface area contributed by atoms with Crippen molar-refractivity contribution in [2.45, 2.75) is 65.1 Å². The number of esters is 1. The van der Waals surface area contributed by atoms with Crippen molar-refractivity contribution in [2.24, 2.45) is 0 Å². The first-order valence-electron chi connectivity index (χ1n) is 12.5. The standard InChI is InChI=1S/C31H39NO3/c1-23(2)32(24(3)4)20-19-31(5,27-15-11-8-12-16-27)28-21-26(30(33)34-6)17-18-29(28)35-22-25-13-9-7-10-14-25/h7-18,21,23-24H,19-20,22H2,1-6H3/t31-/m1/s1. The highest BCUT2D eigenvalue weighted by Crippen LogP contribution is 2.41. The van der Waals surface area contributed by atoms with Gasteiger partial charge in [0.25, 0.3) is 0 Å². The van der Waals surface area contributed by atoms with E-state index in [-0.39, 0.29) is 11.4 Å². The number of rotatable bonds is 11. The molecule has 0 amide bonds. The van der Waals surface area contributed by atoms with Crippen LogP contribution in [0, 0.1) is 0 Å². The molecule has 0 N–H and O–H groups in total. The van der Waals surface area contributed by atoms with Crippen LogP contribution in [0.3, 0.4) is 0 Å². The van der Waals surface area contributed by atoms with E-state index in [9.17, 15) is 4.79 Å². The highest BCUT2D eigenvalue weighted by molar-refractivity contribution is 5.90. The third kappa shape index (κ3) is 6.52. The monoisotopic (exact) mass is 473 g/mol. The van der Waals surface area contributed by atoms with E-state index in [2.05, 4.69) is 75.9 Å². The van der Waals surface area contributed by atoms with Crippen molar-refractivity contribution in [3.05, 3.63) is 101 Å². The topological polar surface area (TPSA) is 38.8 Å². The first-order chi connectivity index (χ1) is 16.8. The summed E-state index contributed by atoms with van der Waals surface area (Å²) in [5.74, 6) is 0.441. The zero-order valence-corrected chi connectivity index (χ0v) is 22.0. The van der Waals surface area contributed by atoms with E-state index in [1.165, 1.54) is 12.7 Å². The summed E-state index contributed by atoms with van der Waals surface area (Å²) in [7, 11) is 1.42. The molecule has 0 saturated heterocycles. The summed E-state index contributed by atoms with van der Waals surface area (Å²) in [6.45, 7) is 12.6. The first kappa shape index (κ1) is 26.5. The molecule has 0 heterocycles. The second kappa shape index (κ2) is 12.0. The summed E-state index contributed by atoms with van der Waals surface area (Å²) in [6.07, 6.45) is 0.875. The summed E-state index contributed by atoms with van der Waals surface area (Å²) in [5.41, 5.74) is 3.44. The van der Waals surface area contributed by atoms with Crippen molar-refractivity contribution >= 4 is 5.97 Å². The summed E-state index contributed by atoms with van der Waals surface area (Å²) in [5, 5.41) is 0. The van der Waals surface area contributed by atoms with Crippen LogP contribution in [-0.4, -0.2) is 36.6 Å². The number of hydrogen-bond donors (Lipinski definition) is 0. The molecule has 0 unspecified atom stereocenters. The van der Waals surface area contributed by atoms with Gasteiger partial charge in [-0.05, 0) is 70.0 Å². The molecule has 4 heteroatoms. The highest BCUT2D eigenvalue weighted by Gasteiger charge is 2.34. The zero-order chi connectivity index (χ0) is 25.4. The number of carbonyl (C=O) groups is 1. The fourth-order valence-corrected chi connectivity index (χ4v) is 4.77. The van der Waals surface area contributed by atoms with E-state index < -0.39 is 0 Å². The molecular weight excluding hydrogens is 434 g/mol. The van der Waals surface area contributed by atoms with Gasteiger partial charge in [-0.15, -0.1) is 0 Å². The van der Waals surface area contributed by atoms with Crippen molar-refractivity contribution < 1.29 is 14.3 Å². The fraction of sp³-hybridized carbons (Fsp3) is 0.387. The minimum Gasteiger partial charge on any atom is -0.489 e. The predicted molar refractivity (Wildman–Crippen MR) is 143 cm³/mol. The molecule has 0 aliphatic rings. The molecule has 0 bridgehead atoms. The third-order valence-corrected chi connectivity index (χ3v) is 6.84. The van der Waals surface area contributed by atoms with E-state index in [1.54, 1.807) is 6.07 Å². The maximum atomic E-state index is 12.5. The van der Waals surface area contributed by atoms with Gasteiger partial charge in [0.1, 0.15) is 12.4 Å². The van der Waals surface area contributed by atoms with Crippen LogP contribution in [0.25, 0.3) is 0 Å². The largest absolute Gasteiger partial charge is 0.489 e. The van der Waals surface area contributed by atoms with Crippen molar-refractivity contribution in [1.29, 1.82) is 0 Å². The molecule has 1 atom stereocenters. The van der Waals surface area contributed by atoms with Gasteiger partial charge in [0.15, 0.2) is 0 Å². The molecule has 0 aromatic heterocycles. The minimum absolute atomic E-state index is 0.345. The van der Waals surface area contributed by atoms with Crippen molar-refractivity contribution in [3.63, 3.8) is 0 Å². The summed E-state index contributed by atoms with van der Waals surface area (Å²) in [6, 6.07) is 27.2. The first-order valence-corrected chi connectivity index (χ1v) is 12.5. The van der Waals surface area contributed by atoms with Gasteiger partial charge in [-0.2, -0.15) is 0 Å². The number of hydrogen-bond acceptors (Lipinski definition) is 4. The molecule has 0 aliphatic carbocycles. The number of ether oxygens (including phenoxy) is 2. The third-order valence-electron chi connectivity index (χ3n) is 6.84. The second-order valence-electron chi connectivity index (χ2n) is 9.85. The maximum absolute atomic E-state index is 12.5. The Kier molecular flexibility index (Phi) is 9.11. The molecule has 3 aromatic rings. The van der Waals surface area contributed by atoms with E-state index in [4.69, 9.17) is 9.47 Å². The maximum Gasteiger partial charge on any atom is 0.337 e. The van der Waals surface area contributed by atoms with Crippen LogP contribution < -0.4 is 4.74 Å². The molecule has 0 radical (unpaired) electrons. The molecule has 186 valence electrons. The number of methoxy groups -OCH3 is 1. The van der Waals surface area contributed by atoms with E-state index >= 15 is 0 Å². The lowest BCUT2D eigenvalue weighted by atomic mass is 9.72. The number of nitrogens with zero attached hydrogens (tertiary/aromatic N) is 1. The Balaban J connectivity index is 2.09. The SMILES string of the molecule is COC(=O)c1ccc(OCc2ccccc2)c([C@](C)(CCN(C(C)C)C(C)C)c2ccccc2)c1. The van der Waals surface area contributed by atoms with E-state index in [0.717, 1.165) is 29.8 Å². The normalized spacial score (nSPS) is 13.2. The summed E-state index contributed by atoms with van der Waals surface area (Å²) < 4.78 is 11.4. The molecule has 0 fully saturated rings. The Morgan fingerprint density at radius 1 is 0.886 bits per heavy atom. The molecule has 3 aromatic carbocycles. The Bertz CT molecular complexity index is 1070. The lowest BCUT2D eigenvalue weighted by Gasteiger charge is -2.37. The van der Waals surface area contributed by atoms with Gasteiger partial charge >= 0.3 is 5.97 Å². The van der Waals surface area contributed by atoms with Crippen LogP contribution in [0.5, 0.6) is 5.75 Å². The van der Waals surface area contributed by atoms with Crippen LogP contribution in [0.4, 0.5) is 0 Å². The second-order valence-corrected chi connectivity index (χ2v) is 9.85. The molecule has 35 heavy (non-hydrogen) atoms. The van der Waals surface area contributed by atoms with Gasteiger partial charge in [0.05, 0.1) is 12.7 Å². The fourth-order valence-electron chi connectivity index (χ4n) is 4.77. The van der Waals surface area contributed by atoms with Crippen LogP contribution in [-0.2, 0) is 16.8 Å². The molecule has 0 aliphatic heterocycles. The molecule has 0 saturated carbocycles. The predicted octanol–water partition coefficient (Wildman–Crippen LogP) is 6.87. The van der Waals surface area contributed by atoms with Crippen molar-refractivity contribution in [2.75, 3.05) is 13.7 Å². The number of carbonyl (C=O) groups excluding carboxylic acids is 1. The van der Waals surface area contributed by atoms with Crippen LogP contribution in [0.1, 0.15) is 68.1 Å². The minimum atomic E-state index is -0.376. The molecule has 4 nitrogen and oxygen atoms in total. The highest BCUT2D eigenvalue weighted by atomic mass is 16.5. The van der Waals surface area contributed by atoms with Gasteiger partial charge in [-0.3, -0.25) is 4.90 Å². The Morgan fingerprint density at radius 2 is 1.49 bits per heavy atom. The average molecular weight is 474 g/mol. The average Bonchev–Trinajstić information content (AvgIpc) is 2.87. The quantitative estimate of drug-likeness (QED) is 0.285. The van der Waals surface area contributed by atoms with Gasteiger partial charge in [-0.25, -0.2) is 4.79 Å². The van der Waals surface area contributed by atoms with Crippen molar-refractivity contribution in [1.82, 2.24) is 4.90 Å². The van der Waals surface area contributed by atoms with Gasteiger partial charge in [0.2, 0.25) is 0 Å². The molecular formula is C31H39NO3. The zero-order valence-electron chi connectivity index (χ0n) is 22.0. The van der Waals surface area contributed by atoms with Crippen LogP contribution >= 0.6 is 0 Å². The van der Waals surface area contributed by atoms with Gasteiger partial charge < -0.3 is 9.47 Å². The van der Waals surface area contributed by atoms with Gasteiger partial charge in [-0.1, -0.05) is 67.6 Å². The smallest absolute Gasteiger partial charge is 0.337 e. The molecule has 0 spiro atoms.